The Morgan fingerprint density at radius 3 is 1.73 bits per heavy atom. The molecule has 0 saturated heterocycles. The van der Waals surface area contributed by atoms with Crippen LogP contribution in [0.25, 0.3) is 0 Å². The van der Waals surface area contributed by atoms with Crippen LogP contribution >= 0.6 is 0 Å². The predicted octanol–water partition coefficient (Wildman–Crippen LogP) is -4.58. The van der Waals surface area contributed by atoms with Gasteiger partial charge in [0.15, 0.2) is 5.96 Å². The Morgan fingerprint density at radius 2 is 1.27 bits per heavy atom. The minimum absolute atomic E-state index is 0.0372. The van der Waals surface area contributed by atoms with E-state index < -0.39 is 78.7 Å². The highest BCUT2D eigenvalue weighted by atomic mass is 16.4. The smallest absolute Gasteiger partial charge is 0.326 e. The van der Waals surface area contributed by atoms with Crippen molar-refractivity contribution in [2.75, 3.05) is 6.54 Å². The summed E-state index contributed by atoms with van der Waals surface area (Å²) in [5, 5.41) is 34.6. The van der Waals surface area contributed by atoms with Crippen LogP contribution < -0.4 is 38.9 Å². The first-order valence-corrected chi connectivity index (χ1v) is 11.3. The van der Waals surface area contributed by atoms with Gasteiger partial charge in [-0.2, -0.15) is 0 Å². The zero-order valence-electron chi connectivity index (χ0n) is 20.4. The van der Waals surface area contributed by atoms with E-state index in [1.165, 1.54) is 6.92 Å². The summed E-state index contributed by atoms with van der Waals surface area (Å²) in [6.45, 7) is 1.36. The molecule has 0 radical (unpaired) electrons. The first kappa shape index (κ1) is 33.0. The minimum Gasteiger partial charge on any atom is -0.481 e. The molecule has 0 rings (SSSR count). The molecule has 37 heavy (non-hydrogen) atoms. The van der Waals surface area contributed by atoms with Gasteiger partial charge in [-0.1, -0.05) is 0 Å². The number of hydrogen-bond acceptors (Lipinski definition) is 9. The summed E-state index contributed by atoms with van der Waals surface area (Å²) in [5.74, 6) is -6.58. The van der Waals surface area contributed by atoms with E-state index in [0.717, 1.165) is 0 Å². The summed E-state index contributed by atoms with van der Waals surface area (Å²) in [5.41, 5.74) is 21.1. The van der Waals surface area contributed by atoms with E-state index in [4.69, 9.17) is 28.0 Å². The summed E-state index contributed by atoms with van der Waals surface area (Å²) in [6.07, 6.45) is -2.76. The highest BCUT2D eigenvalue weighted by molar-refractivity contribution is 5.94. The molecule has 0 aromatic carbocycles. The third kappa shape index (κ3) is 14.2. The molecule has 0 saturated carbocycles. The molecule has 210 valence electrons. The lowest BCUT2D eigenvalue weighted by Gasteiger charge is -2.25. The molecule has 0 bridgehead atoms. The topological polar surface area (TPSA) is 316 Å². The average Bonchev–Trinajstić information content (AvgIpc) is 2.79. The zero-order valence-corrected chi connectivity index (χ0v) is 20.4. The molecule has 0 aromatic rings. The Labute approximate surface area is 212 Å². The van der Waals surface area contributed by atoms with Crippen LogP contribution in [0.5, 0.6) is 0 Å². The normalized spacial score (nSPS) is 14.7. The second-order valence-corrected chi connectivity index (χ2v) is 8.17. The molecular formula is C20H36N8O9. The molecule has 17 nitrogen and oxygen atoms in total. The number of nitrogens with two attached hydrogens (primary N) is 4. The van der Waals surface area contributed by atoms with Gasteiger partial charge in [0.2, 0.25) is 23.6 Å². The number of aliphatic hydroxyl groups is 1. The van der Waals surface area contributed by atoms with Gasteiger partial charge in [-0.05, 0) is 32.6 Å². The molecule has 0 aliphatic carbocycles. The van der Waals surface area contributed by atoms with Gasteiger partial charge in [-0.15, -0.1) is 0 Å². The van der Waals surface area contributed by atoms with Crippen molar-refractivity contribution in [1.82, 2.24) is 16.0 Å². The van der Waals surface area contributed by atoms with Crippen LogP contribution in [0, 0.1) is 0 Å². The maximum atomic E-state index is 13.0. The number of primary amides is 1. The number of carbonyl (C=O) groups excluding carboxylic acids is 4. The van der Waals surface area contributed by atoms with Gasteiger partial charge in [-0.25, -0.2) is 4.79 Å². The van der Waals surface area contributed by atoms with E-state index in [2.05, 4.69) is 20.9 Å². The van der Waals surface area contributed by atoms with E-state index in [-0.39, 0.29) is 38.2 Å². The molecule has 5 unspecified atom stereocenters. The largest absolute Gasteiger partial charge is 0.481 e. The van der Waals surface area contributed by atoms with Gasteiger partial charge in [0.05, 0.1) is 6.10 Å². The molecule has 0 heterocycles. The highest BCUT2D eigenvalue weighted by Crippen LogP contribution is 2.06. The Hall–Kier alpha value is -3.99. The number of aliphatic imine (C=N–C) groups is 1. The number of nitrogens with one attached hydrogen (secondary N) is 3. The molecule has 0 aliphatic heterocycles. The van der Waals surface area contributed by atoms with E-state index >= 15 is 0 Å². The molecule has 0 spiro atoms. The van der Waals surface area contributed by atoms with Crippen LogP contribution in [-0.4, -0.2) is 93.7 Å². The van der Waals surface area contributed by atoms with Crippen molar-refractivity contribution in [3.63, 3.8) is 0 Å². The van der Waals surface area contributed by atoms with Crippen molar-refractivity contribution in [3.05, 3.63) is 0 Å². The number of hydrogen-bond donors (Lipinski definition) is 10. The van der Waals surface area contributed by atoms with Crippen LogP contribution in [0.15, 0.2) is 4.99 Å². The Morgan fingerprint density at radius 1 is 0.784 bits per heavy atom. The predicted molar refractivity (Wildman–Crippen MR) is 128 cm³/mol. The standard InChI is InChI=1S/C20H36N8O9/c1-9(29)15(22)18(35)27-10(3-2-8-25-20(23)24)16(33)26-11(5-7-14(31)32)17(34)28-12(19(36)37)4-6-13(21)30/h9-12,15,29H,2-8,22H2,1H3,(H2,21,30)(H,26,33)(H,27,35)(H,28,34)(H,31,32)(H,36,37)(H4,23,24,25). The lowest BCUT2D eigenvalue weighted by Crippen LogP contribution is -2.58. The monoisotopic (exact) mass is 532 g/mol. The van der Waals surface area contributed by atoms with Crippen LogP contribution in [0.2, 0.25) is 0 Å². The Kier molecular flexibility index (Phi) is 14.8. The molecule has 0 aromatic heterocycles. The fourth-order valence-electron chi connectivity index (χ4n) is 2.88. The molecule has 0 fully saturated rings. The molecule has 17 heteroatoms. The number of aliphatic carboxylic acids is 2. The lowest BCUT2D eigenvalue weighted by molar-refractivity contribution is -0.143. The summed E-state index contributed by atoms with van der Waals surface area (Å²) in [4.78, 5) is 75.3. The van der Waals surface area contributed by atoms with Crippen molar-refractivity contribution in [3.8, 4) is 0 Å². The number of carboxylic acid groups (broad SMARTS) is 2. The van der Waals surface area contributed by atoms with E-state index in [1.807, 2.05) is 0 Å². The van der Waals surface area contributed by atoms with E-state index in [1.54, 1.807) is 0 Å². The number of rotatable bonds is 18. The van der Waals surface area contributed by atoms with Crippen molar-refractivity contribution in [2.24, 2.45) is 27.9 Å². The molecule has 4 amide bonds. The van der Waals surface area contributed by atoms with Crippen molar-refractivity contribution < 1.29 is 44.1 Å². The van der Waals surface area contributed by atoms with Gasteiger partial charge in [0.25, 0.3) is 0 Å². The van der Waals surface area contributed by atoms with Gasteiger partial charge >= 0.3 is 11.9 Å². The zero-order chi connectivity index (χ0) is 28.7. The first-order valence-electron chi connectivity index (χ1n) is 11.3. The van der Waals surface area contributed by atoms with E-state index in [9.17, 15) is 39.0 Å². The molecule has 14 N–H and O–H groups in total. The fraction of sp³-hybridized carbons (Fsp3) is 0.650. The van der Waals surface area contributed by atoms with Crippen molar-refractivity contribution >= 4 is 41.5 Å². The number of carboxylic acids is 2. The fourth-order valence-corrected chi connectivity index (χ4v) is 2.88. The van der Waals surface area contributed by atoms with Crippen LogP contribution in [0.4, 0.5) is 0 Å². The first-order chi connectivity index (χ1) is 17.1. The van der Waals surface area contributed by atoms with Gasteiger partial charge < -0.3 is 54.2 Å². The van der Waals surface area contributed by atoms with Crippen LogP contribution in [0.1, 0.15) is 45.4 Å². The Bertz CT molecular complexity index is 861. The number of guanidine groups is 1. The maximum Gasteiger partial charge on any atom is 0.326 e. The minimum atomic E-state index is -1.54. The second-order valence-electron chi connectivity index (χ2n) is 8.17. The van der Waals surface area contributed by atoms with Crippen molar-refractivity contribution in [1.29, 1.82) is 0 Å². The maximum absolute atomic E-state index is 13.0. The van der Waals surface area contributed by atoms with Gasteiger partial charge in [0, 0.05) is 19.4 Å². The van der Waals surface area contributed by atoms with Crippen LogP contribution in [0.3, 0.4) is 0 Å². The quantitative estimate of drug-likeness (QED) is 0.0453. The summed E-state index contributed by atoms with van der Waals surface area (Å²) in [6, 6.07) is -5.72. The number of aliphatic hydroxyl groups excluding tert-OH is 1. The lowest BCUT2D eigenvalue weighted by atomic mass is 10.1. The molecule has 0 aliphatic rings. The molecular weight excluding hydrogens is 496 g/mol. The second kappa shape index (κ2) is 16.6. The SMILES string of the molecule is CC(O)C(N)C(=O)NC(CCCN=C(N)N)C(=O)NC(CCC(=O)O)C(=O)NC(CCC(N)=O)C(=O)O. The number of amides is 4. The van der Waals surface area contributed by atoms with Crippen molar-refractivity contribution in [2.45, 2.75) is 75.7 Å². The third-order valence-corrected chi connectivity index (χ3v) is 4.97. The van der Waals surface area contributed by atoms with Gasteiger partial charge in [0.1, 0.15) is 24.2 Å². The number of carbonyl (C=O) groups is 6. The Balaban J connectivity index is 5.69. The third-order valence-electron chi connectivity index (χ3n) is 4.97. The molecule has 5 atom stereocenters. The number of nitrogens with zero attached hydrogens (tertiary/aromatic N) is 1. The highest BCUT2D eigenvalue weighted by Gasteiger charge is 2.31. The van der Waals surface area contributed by atoms with Crippen LogP contribution in [-0.2, 0) is 28.8 Å². The average molecular weight is 533 g/mol. The van der Waals surface area contributed by atoms with E-state index in [0.29, 0.717) is 0 Å². The summed E-state index contributed by atoms with van der Waals surface area (Å²) >= 11 is 0. The summed E-state index contributed by atoms with van der Waals surface area (Å²) < 4.78 is 0. The van der Waals surface area contributed by atoms with Gasteiger partial charge in [-0.3, -0.25) is 29.0 Å². The summed E-state index contributed by atoms with van der Waals surface area (Å²) in [7, 11) is 0.